The summed E-state index contributed by atoms with van der Waals surface area (Å²) < 4.78 is 2.12. The third-order valence-electron chi connectivity index (χ3n) is 3.76. The Bertz CT molecular complexity index is 514. The lowest BCUT2D eigenvalue weighted by molar-refractivity contribution is 0.116. The van der Waals surface area contributed by atoms with Crippen molar-refractivity contribution < 1.29 is 5.11 Å². The number of aliphatic hydroxyl groups excluding tert-OH is 1. The first-order valence-corrected chi connectivity index (χ1v) is 6.65. The molecule has 3 rings (SSSR count). The molecule has 1 aliphatic carbocycles. The molecule has 0 saturated heterocycles. The van der Waals surface area contributed by atoms with E-state index in [0.717, 1.165) is 37.9 Å². The van der Waals surface area contributed by atoms with Gasteiger partial charge in [0, 0.05) is 18.8 Å². The van der Waals surface area contributed by atoms with Crippen molar-refractivity contribution >= 4 is 5.65 Å². The number of pyridine rings is 1. The molecule has 18 heavy (non-hydrogen) atoms. The van der Waals surface area contributed by atoms with E-state index in [1.165, 1.54) is 5.69 Å². The van der Waals surface area contributed by atoms with Gasteiger partial charge in [-0.05, 0) is 37.8 Å². The zero-order valence-corrected chi connectivity index (χ0v) is 10.4. The molecule has 0 bridgehead atoms. The number of hydrogen-bond acceptors (Lipinski definition) is 3. The molecule has 4 nitrogen and oxygen atoms in total. The molecular weight excluding hydrogens is 226 g/mol. The average Bonchev–Trinajstić information content (AvgIpc) is 2.82. The van der Waals surface area contributed by atoms with Crippen LogP contribution in [0.5, 0.6) is 0 Å². The highest BCUT2D eigenvalue weighted by atomic mass is 16.3. The highest BCUT2D eigenvalue weighted by molar-refractivity contribution is 5.39. The summed E-state index contributed by atoms with van der Waals surface area (Å²) in [5.74, 6) is 0. The van der Waals surface area contributed by atoms with E-state index in [-0.39, 0.29) is 6.10 Å². The third-order valence-corrected chi connectivity index (χ3v) is 3.76. The van der Waals surface area contributed by atoms with Gasteiger partial charge in [-0.1, -0.05) is 6.07 Å². The van der Waals surface area contributed by atoms with Crippen molar-refractivity contribution in [1.29, 1.82) is 0 Å². The van der Waals surface area contributed by atoms with Crippen LogP contribution in [0.3, 0.4) is 0 Å². The minimum absolute atomic E-state index is 0.0844. The fourth-order valence-electron chi connectivity index (χ4n) is 2.64. The van der Waals surface area contributed by atoms with Gasteiger partial charge in [-0.2, -0.15) is 0 Å². The molecule has 0 unspecified atom stereocenters. The summed E-state index contributed by atoms with van der Waals surface area (Å²) in [7, 11) is 0. The average molecular weight is 245 g/mol. The van der Waals surface area contributed by atoms with Crippen molar-refractivity contribution in [2.75, 3.05) is 0 Å². The Labute approximate surface area is 107 Å². The van der Waals surface area contributed by atoms with Gasteiger partial charge in [-0.15, -0.1) is 0 Å². The van der Waals surface area contributed by atoms with Gasteiger partial charge >= 0.3 is 0 Å². The molecule has 1 saturated carbocycles. The van der Waals surface area contributed by atoms with Crippen molar-refractivity contribution in [1.82, 2.24) is 14.7 Å². The topological polar surface area (TPSA) is 49.6 Å². The van der Waals surface area contributed by atoms with Crippen molar-refractivity contribution in [3.63, 3.8) is 0 Å². The van der Waals surface area contributed by atoms with E-state index in [9.17, 15) is 5.11 Å². The van der Waals surface area contributed by atoms with E-state index in [1.54, 1.807) is 0 Å². The van der Waals surface area contributed by atoms with Crippen molar-refractivity contribution in [2.45, 2.75) is 44.4 Å². The standard InChI is InChI=1S/C14H19N3O/c18-13-6-4-11(5-7-13)15-9-12-10-16-14-3-1-2-8-17(12)14/h1-3,8,10-11,13,15,18H,4-7,9H2. The number of hydrogen-bond donors (Lipinski definition) is 2. The van der Waals surface area contributed by atoms with E-state index < -0.39 is 0 Å². The lowest BCUT2D eigenvalue weighted by atomic mass is 9.93. The lowest BCUT2D eigenvalue weighted by Crippen LogP contribution is -2.34. The molecule has 2 heterocycles. The van der Waals surface area contributed by atoms with Crippen LogP contribution in [0, 0.1) is 0 Å². The second kappa shape index (κ2) is 5.08. The molecule has 4 heteroatoms. The molecular formula is C14H19N3O. The van der Waals surface area contributed by atoms with Crippen molar-refractivity contribution in [3.8, 4) is 0 Å². The molecule has 2 N–H and O–H groups in total. The SMILES string of the molecule is OC1CCC(NCc2cnc3ccccn23)CC1. The van der Waals surface area contributed by atoms with Gasteiger partial charge in [-0.25, -0.2) is 4.98 Å². The van der Waals surface area contributed by atoms with Crippen LogP contribution in [-0.2, 0) is 6.54 Å². The Balaban J connectivity index is 1.63. The van der Waals surface area contributed by atoms with Crippen LogP contribution in [0.4, 0.5) is 0 Å². The highest BCUT2D eigenvalue weighted by Gasteiger charge is 2.18. The molecule has 2 aromatic heterocycles. The van der Waals surface area contributed by atoms with Gasteiger partial charge in [-0.3, -0.25) is 0 Å². The van der Waals surface area contributed by atoms with Crippen LogP contribution in [0.1, 0.15) is 31.4 Å². The van der Waals surface area contributed by atoms with Gasteiger partial charge in [0.05, 0.1) is 18.0 Å². The van der Waals surface area contributed by atoms with E-state index in [0.29, 0.717) is 6.04 Å². The summed E-state index contributed by atoms with van der Waals surface area (Å²) in [5, 5.41) is 13.0. The Morgan fingerprint density at radius 2 is 2.11 bits per heavy atom. The molecule has 0 radical (unpaired) electrons. The van der Waals surface area contributed by atoms with Crippen molar-refractivity contribution in [3.05, 3.63) is 36.3 Å². The molecule has 1 aliphatic rings. The first kappa shape index (κ1) is 11.7. The predicted molar refractivity (Wildman–Crippen MR) is 70.3 cm³/mol. The summed E-state index contributed by atoms with van der Waals surface area (Å²) in [6.45, 7) is 0.839. The minimum atomic E-state index is -0.0844. The predicted octanol–water partition coefficient (Wildman–Crippen LogP) is 1.73. The Hall–Kier alpha value is -1.39. The zero-order valence-electron chi connectivity index (χ0n) is 10.4. The quantitative estimate of drug-likeness (QED) is 0.865. The maximum absolute atomic E-state index is 9.48. The van der Waals surface area contributed by atoms with E-state index in [4.69, 9.17) is 0 Å². The van der Waals surface area contributed by atoms with Gasteiger partial charge < -0.3 is 14.8 Å². The number of nitrogens with zero attached hydrogens (tertiary/aromatic N) is 2. The fraction of sp³-hybridized carbons (Fsp3) is 0.500. The number of nitrogens with one attached hydrogen (secondary N) is 1. The molecule has 0 aromatic carbocycles. The molecule has 0 spiro atoms. The summed E-state index contributed by atoms with van der Waals surface area (Å²) >= 11 is 0. The van der Waals surface area contributed by atoms with Crippen LogP contribution < -0.4 is 5.32 Å². The van der Waals surface area contributed by atoms with Crippen LogP contribution >= 0.6 is 0 Å². The van der Waals surface area contributed by atoms with E-state index in [2.05, 4.69) is 14.7 Å². The summed E-state index contributed by atoms with van der Waals surface area (Å²) in [5.41, 5.74) is 2.19. The maximum atomic E-state index is 9.48. The molecule has 96 valence electrons. The highest BCUT2D eigenvalue weighted by Crippen LogP contribution is 2.18. The van der Waals surface area contributed by atoms with E-state index in [1.807, 2.05) is 30.6 Å². The van der Waals surface area contributed by atoms with Gasteiger partial charge in [0.25, 0.3) is 0 Å². The molecule has 2 aromatic rings. The van der Waals surface area contributed by atoms with Crippen molar-refractivity contribution in [2.24, 2.45) is 0 Å². The van der Waals surface area contributed by atoms with Crippen LogP contribution in [-0.4, -0.2) is 26.6 Å². The first-order chi connectivity index (χ1) is 8.83. The van der Waals surface area contributed by atoms with Crippen LogP contribution in [0.25, 0.3) is 5.65 Å². The van der Waals surface area contributed by atoms with Crippen LogP contribution in [0.2, 0.25) is 0 Å². The third kappa shape index (κ3) is 2.40. The van der Waals surface area contributed by atoms with Gasteiger partial charge in [0.15, 0.2) is 0 Å². The minimum Gasteiger partial charge on any atom is -0.393 e. The normalized spacial score (nSPS) is 24.5. The second-order valence-electron chi connectivity index (χ2n) is 5.06. The number of aromatic nitrogens is 2. The zero-order chi connectivity index (χ0) is 12.4. The number of rotatable bonds is 3. The number of aliphatic hydroxyl groups is 1. The Kier molecular flexibility index (Phi) is 3.30. The summed E-state index contributed by atoms with van der Waals surface area (Å²) in [6.07, 6.45) is 7.87. The largest absolute Gasteiger partial charge is 0.393 e. The first-order valence-electron chi connectivity index (χ1n) is 6.65. The smallest absolute Gasteiger partial charge is 0.136 e. The van der Waals surface area contributed by atoms with Crippen LogP contribution in [0.15, 0.2) is 30.6 Å². The lowest BCUT2D eigenvalue weighted by Gasteiger charge is -2.26. The summed E-state index contributed by atoms with van der Waals surface area (Å²) in [4.78, 5) is 4.38. The maximum Gasteiger partial charge on any atom is 0.136 e. The Morgan fingerprint density at radius 3 is 2.94 bits per heavy atom. The number of fused-ring (bicyclic) bond motifs is 1. The second-order valence-corrected chi connectivity index (χ2v) is 5.06. The number of imidazole rings is 1. The van der Waals surface area contributed by atoms with Gasteiger partial charge in [0.2, 0.25) is 0 Å². The molecule has 0 aliphatic heterocycles. The van der Waals surface area contributed by atoms with Gasteiger partial charge in [0.1, 0.15) is 5.65 Å². The molecule has 0 atom stereocenters. The monoisotopic (exact) mass is 245 g/mol. The fourth-order valence-corrected chi connectivity index (χ4v) is 2.64. The molecule has 0 amide bonds. The Morgan fingerprint density at radius 1 is 1.28 bits per heavy atom. The van der Waals surface area contributed by atoms with E-state index >= 15 is 0 Å². The summed E-state index contributed by atoms with van der Waals surface area (Å²) in [6, 6.07) is 6.57. The molecule has 1 fully saturated rings.